The van der Waals surface area contributed by atoms with E-state index in [0.717, 1.165) is 37.3 Å². The van der Waals surface area contributed by atoms with Gasteiger partial charge in [-0.1, -0.05) is 52.4 Å². The maximum atomic E-state index is 4.40. The fourth-order valence-corrected chi connectivity index (χ4v) is 3.07. The lowest BCUT2D eigenvalue weighted by atomic mass is 10.0. The fourth-order valence-electron chi connectivity index (χ4n) is 3.07. The zero-order valence-corrected chi connectivity index (χ0v) is 15.8. The van der Waals surface area contributed by atoms with Gasteiger partial charge in [-0.05, 0) is 44.7 Å². The zero-order chi connectivity index (χ0) is 16.9. The molecule has 0 radical (unpaired) electrons. The Labute approximate surface area is 143 Å². The molecule has 132 valence electrons. The van der Waals surface area contributed by atoms with E-state index in [-0.39, 0.29) is 0 Å². The third-order valence-electron chi connectivity index (χ3n) is 4.49. The van der Waals surface area contributed by atoms with Crippen LogP contribution in [-0.2, 0) is 12.8 Å². The first kappa shape index (κ1) is 19.9. The number of hydrogen-bond acceptors (Lipinski definition) is 4. The van der Waals surface area contributed by atoms with Crippen LogP contribution in [0.4, 0.5) is 5.69 Å². The molecule has 1 aromatic rings. The van der Waals surface area contributed by atoms with Crippen LogP contribution in [0, 0.1) is 0 Å². The predicted molar refractivity (Wildman–Crippen MR) is 99.1 cm³/mol. The van der Waals surface area contributed by atoms with E-state index >= 15 is 0 Å². The maximum absolute atomic E-state index is 4.40. The number of nitrogens with zero attached hydrogens (tertiary/aromatic N) is 4. The molecule has 0 atom stereocenters. The molecule has 4 heteroatoms. The van der Waals surface area contributed by atoms with Crippen LogP contribution in [0.2, 0.25) is 0 Å². The molecular weight excluding hydrogens is 284 g/mol. The van der Waals surface area contributed by atoms with E-state index in [1.54, 1.807) is 0 Å². The average molecular weight is 321 g/mol. The Morgan fingerprint density at radius 2 is 1.13 bits per heavy atom. The first-order chi connectivity index (χ1) is 11.3. The number of rotatable bonds is 13. The number of hydrogen-bond donors (Lipinski definition) is 0. The molecule has 23 heavy (non-hydrogen) atoms. The molecule has 0 aliphatic heterocycles. The minimum absolute atomic E-state index is 1.01. The summed E-state index contributed by atoms with van der Waals surface area (Å²) >= 11 is 0. The van der Waals surface area contributed by atoms with Crippen molar-refractivity contribution in [2.24, 2.45) is 0 Å². The number of unbranched alkanes of at least 4 members (excludes halogenated alkanes) is 6. The van der Waals surface area contributed by atoms with Gasteiger partial charge in [-0.15, -0.1) is 10.2 Å². The second-order valence-corrected chi connectivity index (χ2v) is 6.33. The van der Waals surface area contributed by atoms with Crippen LogP contribution in [0.3, 0.4) is 0 Å². The average Bonchev–Trinajstić information content (AvgIpc) is 2.58. The van der Waals surface area contributed by atoms with Crippen molar-refractivity contribution in [2.45, 2.75) is 91.9 Å². The van der Waals surface area contributed by atoms with Crippen molar-refractivity contribution >= 4 is 5.69 Å². The van der Waals surface area contributed by atoms with E-state index in [0.29, 0.717) is 0 Å². The lowest BCUT2D eigenvalue weighted by molar-refractivity contribution is 0.628. The minimum Gasteiger partial charge on any atom is -0.369 e. The third-order valence-corrected chi connectivity index (χ3v) is 4.49. The van der Waals surface area contributed by atoms with Gasteiger partial charge in [0.05, 0.1) is 17.1 Å². The number of aromatic nitrogens is 3. The van der Waals surface area contributed by atoms with E-state index in [4.69, 9.17) is 0 Å². The summed E-state index contributed by atoms with van der Waals surface area (Å²) in [5.74, 6) is 0. The Morgan fingerprint density at radius 1 is 0.652 bits per heavy atom. The predicted octanol–water partition coefficient (Wildman–Crippen LogP) is 4.96. The molecule has 1 heterocycles. The van der Waals surface area contributed by atoms with Crippen molar-refractivity contribution in [3.8, 4) is 0 Å². The Morgan fingerprint density at radius 3 is 1.52 bits per heavy atom. The molecule has 0 fully saturated rings. The molecule has 0 unspecified atom stereocenters. The smallest absolute Gasteiger partial charge is 0.0901 e. The normalized spacial score (nSPS) is 11.0. The molecule has 4 nitrogen and oxygen atoms in total. The molecule has 0 saturated heterocycles. The SMILES string of the molecule is CCCCCCc1nnnc(CCCCCC)c1N(CC)CC. The highest BCUT2D eigenvalue weighted by molar-refractivity contribution is 5.54. The quantitative estimate of drug-likeness (QED) is 0.482. The van der Waals surface area contributed by atoms with E-state index in [2.05, 4.69) is 48.0 Å². The third kappa shape index (κ3) is 6.84. The van der Waals surface area contributed by atoms with Gasteiger partial charge in [0.2, 0.25) is 0 Å². The zero-order valence-electron chi connectivity index (χ0n) is 15.8. The Kier molecular flexibility index (Phi) is 10.6. The molecular formula is C19H36N4. The Hall–Kier alpha value is -1.19. The van der Waals surface area contributed by atoms with Gasteiger partial charge >= 0.3 is 0 Å². The van der Waals surface area contributed by atoms with Gasteiger partial charge in [0.15, 0.2) is 0 Å². The van der Waals surface area contributed by atoms with Crippen molar-refractivity contribution in [3.05, 3.63) is 11.4 Å². The van der Waals surface area contributed by atoms with E-state index in [1.165, 1.54) is 57.1 Å². The number of anilines is 1. The van der Waals surface area contributed by atoms with Crippen molar-refractivity contribution in [3.63, 3.8) is 0 Å². The summed E-state index contributed by atoms with van der Waals surface area (Å²) in [6.07, 6.45) is 12.2. The first-order valence-electron chi connectivity index (χ1n) is 9.74. The molecule has 0 spiro atoms. The van der Waals surface area contributed by atoms with Crippen molar-refractivity contribution in [1.29, 1.82) is 0 Å². The van der Waals surface area contributed by atoms with Crippen molar-refractivity contribution in [2.75, 3.05) is 18.0 Å². The second-order valence-electron chi connectivity index (χ2n) is 6.33. The lowest BCUT2D eigenvalue weighted by Gasteiger charge is -2.25. The lowest BCUT2D eigenvalue weighted by Crippen LogP contribution is -2.26. The van der Waals surface area contributed by atoms with Gasteiger partial charge in [-0.25, -0.2) is 0 Å². The molecule has 1 aromatic heterocycles. The van der Waals surface area contributed by atoms with Crippen LogP contribution >= 0.6 is 0 Å². The second kappa shape index (κ2) is 12.3. The minimum atomic E-state index is 1.01. The molecule has 0 N–H and O–H groups in total. The molecule has 1 rings (SSSR count). The van der Waals surface area contributed by atoms with E-state index in [9.17, 15) is 0 Å². The molecule has 0 bridgehead atoms. The molecule has 0 aromatic carbocycles. The topological polar surface area (TPSA) is 41.9 Å². The highest BCUT2D eigenvalue weighted by Gasteiger charge is 2.17. The summed E-state index contributed by atoms with van der Waals surface area (Å²) in [7, 11) is 0. The summed E-state index contributed by atoms with van der Waals surface area (Å²) < 4.78 is 0. The number of aryl methyl sites for hydroxylation is 2. The molecule has 0 amide bonds. The fraction of sp³-hybridized carbons (Fsp3) is 0.842. The first-order valence-corrected chi connectivity index (χ1v) is 9.74. The van der Waals surface area contributed by atoms with E-state index in [1.807, 2.05) is 0 Å². The standard InChI is InChI=1S/C19H36N4/c1-5-9-11-13-15-17-19(23(7-3)8-4)18(21-22-20-17)16-14-12-10-6-2/h5-16H2,1-4H3. The Bertz CT molecular complexity index is 386. The highest BCUT2D eigenvalue weighted by atomic mass is 15.3. The molecule has 0 aliphatic rings. The highest BCUT2D eigenvalue weighted by Crippen LogP contribution is 2.25. The molecule has 0 saturated carbocycles. The summed E-state index contributed by atoms with van der Waals surface area (Å²) in [5.41, 5.74) is 3.59. The van der Waals surface area contributed by atoms with Gasteiger partial charge < -0.3 is 4.90 Å². The summed E-state index contributed by atoms with van der Waals surface area (Å²) in [5, 5.41) is 12.9. The van der Waals surface area contributed by atoms with Crippen LogP contribution in [0.5, 0.6) is 0 Å². The van der Waals surface area contributed by atoms with Crippen molar-refractivity contribution < 1.29 is 0 Å². The summed E-state index contributed by atoms with van der Waals surface area (Å²) in [6.45, 7) is 10.9. The van der Waals surface area contributed by atoms with Crippen LogP contribution in [-0.4, -0.2) is 28.5 Å². The van der Waals surface area contributed by atoms with Crippen molar-refractivity contribution in [1.82, 2.24) is 15.4 Å². The molecule has 0 aliphatic carbocycles. The summed E-state index contributed by atoms with van der Waals surface area (Å²) in [6, 6.07) is 0. The maximum Gasteiger partial charge on any atom is 0.0901 e. The van der Waals surface area contributed by atoms with Crippen LogP contribution in [0.1, 0.15) is 90.4 Å². The van der Waals surface area contributed by atoms with Crippen LogP contribution < -0.4 is 4.90 Å². The largest absolute Gasteiger partial charge is 0.369 e. The van der Waals surface area contributed by atoms with Gasteiger partial charge in [0, 0.05) is 13.1 Å². The van der Waals surface area contributed by atoms with Gasteiger partial charge in [-0.2, -0.15) is 0 Å². The van der Waals surface area contributed by atoms with Gasteiger partial charge in [-0.3, -0.25) is 0 Å². The Balaban J connectivity index is 2.85. The van der Waals surface area contributed by atoms with Gasteiger partial charge in [0.25, 0.3) is 0 Å². The van der Waals surface area contributed by atoms with Crippen LogP contribution in [0.15, 0.2) is 0 Å². The van der Waals surface area contributed by atoms with Crippen LogP contribution in [0.25, 0.3) is 0 Å². The summed E-state index contributed by atoms with van der Waals surface area (Å²) in [4.78, 5) is 2.41. The monoisotopic (exact) mass is 320 g/mol. The van der Waals surface area contributed by atoms with E-state index < -0.39 is 0 Å². The van der Waals surface area contributed by atoms with Gasteiger partial charge in [0.1, 0.15) is 0 Å².